The molecule has 0 saturated heterocycles. The van der Waals surface area contributed by atoms with Crippen molar-refractivity contribution in [3.8, 4) is 0 Å². The molecule has 1 heterocycles. The van der Waals surface area contributed by atoms with Crippen molar-refractivity contribution in [1.29, 1.82) is 0 Å². The molecule has 1 amide bonds. The SMILES string of the molecule is CCC(CC)(CC(=O)NCc1ccnc(C)n1)C(=O)O. The van der Waals surface area contributed by atoms with Crippen molar-refractivity contribution in [1.82, 2.24) is 15.3 Å². The third kappa shape index (κ3) is 4.01. The smallest absolute Gasteiger partial charge is 0.310 e. The fourth-order valence-corrected chi connectivity index (χ4v) is 2.04. The van der Waals surface area contributed by atoms with E-state index in [2.05, 4.69) is 15.3 Å². The van der Waals surface area contributed by atoms with Gasteiger partial charge in [-0.05, 0) is 25.8 Å². The van der Waals surface area contributed by atoms with E-state index in [0.29, 0.717) is 24.4 Å². The zero-order valence-electron chi connectivity index (χ0n) is 12.1. The zero-order valence-corrected chi connectivity index (χ0v) is 12.1. The third-order valence-corrected chi connectivity index (χ3v) is 3.61. The Hall–Kier alpha value is -1.98. The summed E-state index contributed by atoms with van der Waals surface area (Å²) in [6, 6.07) is 1.72. The van der Waals surface area contributed by atoms with Gasteiger partial charge in [-0.25, -0.2) is 9.97 Å². The molecule has 0 aliphatic rings. The molecule has 0 radical (unpaired) electrons. The standard InChI is InChI=1S/C14H21N3O3/c1-4-14(5-2,13(19)20)8-12(18)16-9-11-6-7-15-10(3)17-11/h6-7H,4-5,8-9H2,1-3H3,(H,16,18)(H,19,20). The Balaban J connectivity index is 2.61. The molecule has 1 aromatic rings. The van der Waals surface area contributed by atoms with E-state index in [-0.39, 0.29) is 18.9 Å². The highest BCUT2D eigenvalue weighted by Gasteiger charge is 2.36. The van der Waals surface area contributed by atoms with Crippen molar-refractivity contribution in [2.24, 2.45) is 5.41 Å². The van der Waals surface area contributed by atoms with E-state index in [1.165, 1.54) is 0 Å². The topological polar surface area (TPSA) is 92.2 Å². The molecule has 0 unspecified atom stereocenters. The molecule has 1 rings (SSSR count). The minimum Gasteiger partial charge on any atom is -0.481 e. The second-order valence-corrected chi connectivity index (χ2v) is 4.84. The van der Waals surface area contributed by atoms with Gasteiger partial charge in [0.15, 0.2) is 0 Å². The van der Waals surface area contributed by atoms with Crippen LogP contribution in [-0.2, 0) is 16.1 Å². The van der Waals surface area contributed by atoms with Crippen LogP contribution in [0.25, 0.3) is 0 Å². The van der Waals surface area contributed by atoms with E-state index < -0.39 is 11.4 Å². The summed E-state index contributed by atoms with van der Waals surface area (Å²) in [6.07, 6.45) is 2.47. The monoisotopic (exact) mass is 279 g/mol. The van der Waals surface area contributed by atoms with Crippen LogP contribution in [0.15, 0.2) is 12.3 Å². The summed E-state index contributed by atoms with van der Waals surface area (Å²) >= 11 is 0. The highest BCUT2D eigenvalue weighted by Crippen LogP contribution is 2.30. The number of hydrogen-bond donors (Lipinski definition) is 2. The fourth-order valence-electron chi connectivity index (χ4n) is 2.04. The van der Waals surface area contributed by atoms with Crippen LogP contribution in [0.1, 0.15) is 44.6 Å². The summed E-state index contributed by atoms with van der Waals surface area (Å²) in [6.45, 7) is 5.64. The molecule has 0 aromatic carbocycles. The molecule has 1 aromatic heterocycles. The zero-order chi connectivity index (χ0) is 15.2. The molecular formula is C14H21N3O3. The van der Waals surface area contributed by atoms with Gasteiger partial charge in [0.2, 0.25) is 5.91 Å². The largest absolute Gasteiger partial charge is 0.481 e. The Bertz CT molecular complexity index is 484. The fraction of sp³-hybridized carbons (Fsp3) is 0.571. The lowest BCUT2D eigenvalue weighted by molar-refractivity contribution is -0.152. The predicted molar refractivity (Wildman–Crippen MR) is 73.9 cm³/mol. The molecule has 0 spiro atoms. The first-order valence-corrected chi connectivity index (χ1v) is 6.72. The maximum atomic E-state index is 11.9. The number of amides is 1. The van der Waals surface area contributed by atoms with E-state index >= 15 is 0 Å². The Kier molecular flexibility index (Phi) is 5.61. The number of carbonyl (C=O) groups is 2. The number of nitrogens with zero attached hydrogens (tertiary/aromatic N) is 2. The maximum Gasteiger partial charge on any atom is 0.310 e. The average molecular weight is 279 g/mol. The molecule has 0 aliphatic carbocycles. The van der Waals surface area contributed by atoms with Gasteiger partial charge < -0.3 is 10.4 Å². The molecule has 0 bridgehead atoms. The minimum atomic E-state index is -0.980. The Morgan fingerprint density at radius 2 is 2.00 bits per heavy atom. The lowest BCUT2D eigenvalue weighted by Gasteiger charge is -2.25. The van der Waals surface area contributed by atoms with Crippen molar-refractivity contribution >= 4 is 11.9 Å². The van der Waals surface area contributed by atoms with Crippen molar-refractivity contribution in [2.45, 2.75) is 46.6 Å². The molecule has 110 valence electrons. The summed E-state index contributed by atoms with van der Waals surface area (Å²) < 4.78 is 0. The molecule has 0 saturated carbocycles. The van der Waals surface area contributed by atoms with Gasteiger partial charge in [0, 0.05) is 12.6 Å². The summed E-state index contributed by atoms with van der Waals surface area (Å²) in [5.74, 6) is -0.554. The van der Waals surface area contributed by atoms with Crippen LogP contribution in [0.3, 0.4) is 0 Å². The summed E-state index contributed by atoms with van der Waals surface area (Å²) in [7, 11) is 0. The molecule has 0 fully saturated rings. The second-order valence-electron chi connectivity index (χ2n) is 4.84. The van der Waals surface area contributed by atoms with Crippen LogP contribution in [0.4, 0.5) is 0 Å². The average Bonchev–Trinajstić information content (AvgIpc) is 2.42. The van der Waals surface area contributed by atoms with Gasteiger partial charge in [-0.15, -0.1) is 0 Å². The summed E-state index contributed by atoms with van der Waals surface area (Å²) in [5.41, 5.74) is -0.272. The number of carbonyl (C=O) groups excluding carboxylic acids is 1. The molecular weight excluding hydrogens is 258 g/mol. The number of aliphatic carboxylic acids is 1. The van der Waals surface area contributed by atoms with Crippen LogP contribution in [-0.4, -0.2) is 27.0 Å². The summed E-state index contributed by atoms with van der Waals surface area (Å²) in [5, 5.41) is 12.0. The number of rotatable bonds is 7. The van der Waals surface area contributed by atoms with Gasteiger partial charge >= 0.3 is 5.97 Å². The van der Waals surface area contributed by atoms with E-state index in [1.54, 1.807) is 33.0 Å². The summed E-state index contributed by atoms with van der Waals surface area (Å²) in [4.78, 5) is 31.4. The van der Waals surface area contributed by atoms with Crippen molar-refractivity contribution in [2.75, 3.05) is 0 Å². The Labute approximate surface area is 118 Å². The Morgan fingerprint density at radius 1 is 1.35 bits per heavy atom. The molecule has 20 heavy (non-hydrogen) atoms. The van der Waals surface area contributed by atoms with Gasteiger partial charge in [-0.3, -0.25) is 9.59 Å². The first-order valence-electron chi connectivity index (χ1n) is 6.72. The first-order chi connectivity index (χ1) is 9.43. The normalized spacial score (nSPS) is 11.2. The van der Waals surface area contributed by atoms with E-state index in [0.717, 1.165) is 0 Å². The molecule has 6 heteroatoms. The molecule has 0 atom stereocenters. The predicted octanol–water partition coefficient (Wildman–Crippen LogP) is 1.68. The van der Waals surface area contributed by atoms with E-state index in [9.17, 15) is 14.7 Å². The number of carboxylic acids is 1. The maximum absolute atomic E-state index is 11.9. The van der Waals surface area contributed by atoms with Gasteiger partial charge in [0.1, 0.15) is 5.82 Å². The van der Waals surface area contributed by atoms with E-state index in [4.69, 9.17) is 0 Å². The molecule has 2 N–H and O–H groups in total. The number of aryl methyl sites for hydroxylation is 1. The van der Waals surface area contributed by atoms with Gasteiger partial charge in [-0.1, -0.05) is 13.8 Å². The van der Waals surface area contributed by atoms with Crippen LogP contribution < -0.4 is 5.32 Å². The van der Waals surface area contributed by atoms with Crippen LogP contribution in [0.2, 0.25) is 0 Å². The van der Waals surface area contributed by atoms with Crippen molar-refractivity contribution in [3.63, 3.8) is 0 Å². The van der Waals surface area contributed by atoms with Gasteiger partial charge in [0.25, 0.3) is 0 Å². The number of nitrogens with one attached hydrogen (secondary N) is 1. The van der Waals surface area contributed by atoms with Crippen LogP contribution in [0.5, 0.6) is 0 Å². The van der Waals surface area contributed by atoms with Crippen LogP contribution >= 0.6 is 0 Å². The van der Waals surface area contributed by atoms with Gasteiger partial charge in [0.05, 0.1) is 17.7 Å². The second kappa shape index (κ2) is 6.98. The highest BCUT2D eigenvalue weighted by atomic mass is 16.4. The quantitative estimate of drug-likeness (QED) is 0.792. The lowest BCUT2D eigenvalue weighted by Crippen LogP contribution is -2.36. The first kappa shape index (κ1) is 16.1. The van der Waals surface area contributed by atoms with Crippen molar-refractivity contribution < 1.29 is 14.7 Å². The molecule has 0 aliphatic heterocycles. The van der Waals surface area contributed by atoms with Crippen LogP contribution in [0, 0.1) is 12.3 Å². The highest BCUT2D eigenvalue weighted by molar-refractivity contribution is 5.84. The Morgan fingerprint density at radius 3 is 2.50 bits per heavy atom. The number of carboxylic acid groups (broad SMARTS) is 1. The van der Waals surface area contributed by atoms with E-state index in [1.807, 2.05) is 0 Å². The van der Waals surface area contributed by atoms with Gasteiger partial charge in [-0.2, -0.15) is 0 Å². The third-order valence-electron chi connectivity index (χ3n) is 3.61. The van der Waals surface area contributed by atoms with Crippen molar-refractivity contribution in [3.05, 3.63) is 23.8 Å². The molecule has 6 nitrogen and oxygen atoms in total. The number of hydrogen-bond acceptors (Lipinski definition) is 4. The number of aromatic nitrogens is 2. The minimum absolute atomic E-state index is 0.0145. The lowest BCUT2D eigenvalue weighted by atomic mass is 9.79.